The van der Waals surface area contributed by atoms with Crippen LogP contribution in [0.15, 0.2) is 24.3 Å². The fraction of sp³-hybridized carbons (Fsp3) is 0.667. The van der Waals surface area contributed by atoms with Crippen LogP contribution in [0, 0.1) is 0 Å². The van der Waals surface area contributed by atoms with Gasteiger partial charge >= 0.3 is 0 Å². The summed E-state index contributed by atoms with van der Waals surface area (Å²) in [6.45, 7) is 7.56. The molecule has 1 N–H and O–H groups in total. The number of carbonyl (C=O) groups excluding carboxylic acids is 1. The molecule has 2 fully saturated rings. The molecule has 2 saturated heterocycles. The molecule has 2 aliphatic rings. The number of benzene rings is 1. The fourth-order valence-electron chi connectivity index (χ4n) is 4.43. The van der Waals surface area contributed by atoms with E-state index in [-0.39, 0.29) is 12.5 Å². The van der Waals surface area contributed by atoms with Crippen molar-refractivity contribution in [3.63, 3.8) is 0 Å². The van der Waals surface area contributed by atoms with E-state index in [1.807, 2.05) is 17.0 Å². The monoisotopic (exact) mass is 375 g/mol. The van der Waals surface area contributed by atoms with Crippen LogP contribution in [0.2, 0.25) is 0 Å². The van der Waals surface area contributed by atoms with Crippen LogP contribution in [0.4, 0.5) is 0 Å². The van der Waals surface area contributed by atoms with Gasteiger partial charge in [-0.1, -0.05) is 12.1 Å². The van der Waals surface area contributed by atoms with E-state index < -0.39 is 0 Å². The number of amides is 1. The summed E-state index contributed by atoms with van der Waals surface area (Å²) in [7, 11) is 1.70. The fourth-order valence-corrected chi connectivity index (χ4v) is 4.43. The summed E-state index contributed by atoms with van der Waals surface area (Å²) in [5, 5.41) is 9.57. The van der Waals surface area contributed by atoms with Crippen molar-refractivity contribution in [2.24, 2.45) is 0 Å². The van der Waals surface area contributed by atoms with Gasteiger partial charge in [-0.2, -0.15) is 0 Å². The van der Waals surface area contributed by atoms with Gasteiger partial charge in [-0.3, -0.25) is 14.6 Å². The van der Waals surface area contributed by atoms with Gasteiger partial charge in [0.2, 0.25) is 5.91 Å². The maximum atomic E-state index is 11.6. The number of carbonyl (C=O) groups is 1. The first-order chi connectivity index (χ1) is 13.1. The summed E-state index contributed by atoms with van der Waals surface area (Å²) in [4.78, 5) is 18.6. The van der Waals surface area contributed by atoms with Gasteiger partial charge in [0.1, 0.15) is 5.75 Å². The Labute approximate surface area is 162 Å². The number of methoxy groups -OCH3 is 1. The Morgan fingerprint density at radius 2 is 2.00 bits per heavy atom. The molecule has 0 bridgehead atoms. The van der Waals surface area contributed by atoms with Gasteiger partial charge in [0, 0.05) is 64.9 Å². The number of aliphatic hydroxyl groups excluding tert-OH is 1. The van der Waals surface area contributed by atoms with Crippen LogP contribution < -0.4 is 4.74 Å². The van der Waals surface area contributed by atoms with Crippen molar-refractivity contribution < 1.29 is 14.6 Å². The maximum absolute atomic E-state index is 11.6. The maximum Gasteiger partial charge on any atom is 0.219 e. The van der Waals surface area contributed by atoms with Gasteiger partial charge in [0.25, 0.3) is 0 Å². The lowest BCUT2D eigenvalue weighted by Crippen LogP contribution is -2.57. The van der Waals surface area contributed by atoms with Crippen molar-refractivity contribution in [2.45, 2.75) is 44.8 Å². The number of piperidine rings is 1. The summed E-state index contributed by atoms with van der Waals surface area (Å²) in [6, 6.07) is 9.16. The zero-order valence-corrected chi connectivity index (χ0v) is 16.6. The van der Waals surface area contributed by atoms with Crippen LogP contribution in [0.3, 0.4) is 0 Å². The summed E-state index contributed by atoms with van der Waals surface area (Å²) in [5.41, 5.74) is 1.25. The number of piperazine rings is 1. The Morgan fingerprint density at radius 1 is 1.22 bits per heavy atom. The van der Waals surface area contributed by atoms with E-state index >= 15 is 0 Å². The van der Waals surface area contributed by atoms with Crippen LogP contribution in [0.5, 0.6) is 5.75 Å². The highest BCUT2D eigenvalue weighted by Gasteiger charge is 2.32. The normalized spacial score (nSPS) is 22.8. The number of likely N-dealkylation sites (tertiary alicyclic amines) is 1. The first-order valence-corrected chi connectivity index (χ1v) is 10.1. The Bertz CT molecular complexity index is 616. The standard InChI is InChI=1S/C21H33N3O3/c1-17(26)22-9-6-19(7-10-22)24-12-11-23(20(16-24)8-13-25)15-18-4-3-5-21(14-18)27-2/h3-5,14,19-20,25H,6-13,15-16H2,1-2H3/t20-/m1/s1. The third-order valence-electron chi connectivity index (χ3n) is 6.04. The molecule has 1 amide bonds. The van der Waals surface area contributed by atoms with Crippen LogP contribution in [-0.2, 0) is 11.3 Å². The van der Waals surface area contributed by atoms with Gasteiger partial charge in [-0.05, 0) is 37.0 Å². The molecule has 0 aromatic heterocycles. The third kappa shape index (κ3) is 5.21. The first-order valence-electron chi connectivity index (χ1n) is 10.1. The molecule has 1 aromatic carbocycles. The lowest BCUT2D eigenvalue weighted by Gasteiger charge is -2.46. The Morgan fingerprint density at radius 3 is 2.67 bits per heavy atom. The molecule has 6 nitrogen and oxygen atoms in total. The van der Waals surface area contributed by atoms with Gasteiger partial charge in [-0.15, -0.1) is 0 Å². The molecule has 2 heterocycles. The van der Waals surface area contributed by atoms with E-state index in [1.165, 1.54) is 5.56 Å². The van der Waals surface area contributed by atoms with E-state index in [4.69, 9.17) is 4.74 Å². The molecule has 1 aromatic rings. The molecule has 2 aliphatic heterocycles. The van der Waals surface area contributed by atoms with Crippen molar-refractivity contribution in [1.82, 2.24) is 14.7 Å². The Balaban J connectivity index is 1.59. The van der Waals surface area contributed by atoms with Crippen molar-refractivity contribution >= 4 is 5.91 Å². The summed E-state index contributed by atoms with van der Waals surface area (Å²) in [6.07, 6.45) is 2.91. The highest BCUT2D eigenvalue weighted by atomic mass is 16.5. The van der Waals surface area contributed by atoms with Crippen molar-refractivity contribution in [1.29, 1.82) is 0 Å². The lowest BCUT2D eigenvalue weighted by molar-refractivity contribution is -0.130. The number of ether oxygens (including phenoxy) is 1. The van der Waals surface area contributed by atoms with E-state index in [0.717, 1.165) is 64.3 Å². The summed E-state index contributed by atoms with van der Waals surface area (Å²) >= 11 is 0. The largest absolute Gasteiger partial charge is 0.497 e. The van der Waals surface area contributed by atoms with Crippen molar-refractivity contribution in [3.8, 4) is 5.75 Å². The van der Waals surface area contributed by atoms with Gasteiger partial charge in [-0.25, -0.2) is 0 Å². The molecule has 3 rings (SSSR count). The summed E-state index contributed by atoms with van der Waals surface area (Å²) < 4.78 is 5.35. The number of nitrogens with zero attached hydrogens (tertiary/aromatic N) is 3. The van der Waals surface area contributed by atoms with Gasteiger partial charge in [0.15, 0.2) is 0 Å². The molecule has 0 unspecified atom stereocenters. The molecular formula is C21H33N3O3. The zero-order chi connectivity index (χ0) is 19.2. The second-order valence-corrected chi connectivity index (χ2v) is 7.72. The highest BCUT2D eigenvalue weighted by Crippen LogP contribution is 2.24. The predicted molar refractivity (Wildman–Crippen MR) is 106 cm³/mol. The molecule has 0 spiro atoms. The number of aliphatic hydroxyl groups is 1. The minimum absolute atomic E-state index is 0.190. The molecule has 0 saturated carbocycles. The van der Waals surface area contributed by atoms with E-state index in [0.29, 0.717) is 12.1 Å². The third-order valence-corrected chi connectivity index (χ3v) is 6.04. The number of rotatable bonds is 6. The van der Waals surface area contributed by atoms with Crippen molar-refractivity contribution in [2.75, 3.05) is 46.4 Å². The zero-order valence-electron chi connectivity index (χ0n) is 16.6. The van der Waals surface area contributed by atoms with Crippen LogP contribution in [0.1, 0.15) is 31.7 Å². The molecule has 0 radical (unpaired) electrons. The lowest BCUT2D eigenvalue weighted by atomic mass is 9.99. The van der Waals surface area contributed by atoms with Crippen LogP contribution in [-0.4, -0.2) is 84.2 Å². The second kappa shape index (κ2) is 9.53. The molecule has 1 atom stereocenters. The number of hydrogen-bond acceptors (Lipinski definition) is 5. The molecule has 150 valence electrons. The van der Waals surface area contributed by atoms with Crippen LogP contribution >= 0.6 is 0 Å². The minimum Gasteiger partial charge on any atom is -0.497 e. The van der Waals surface area contributed by atoms with E-state index in [2.05, 4.69) is 21.9 Å². The first kappa shape index (κ1) is 20.1. The van der Waals surface area contributed by atoms with Gasteiger partial charge < -0.3 is 14.7 Å². The molecule has 6 heteroatoms. The topological polar surface area (TPSA) is 56.2 Å². The van der Waals surface area contributed by atoms with E-state index in [1.54, 1.807) is 14.0 Å². The Hall–Kier alpha value is -1.63. The SMILES string of the molecule is COc1cccc(CN2CCN(C3CCN(C(C)=O)CC3)C[C@H]2CCO)c1. The average molecular weight is 376 g/mol. The highest BCUT2D eigenvalue weighted by molar-refractivity contribution is 5.73. The molecule has 0 aliphatic carbocycles. The smallest absolute Gasteiger partial charge is 0.219 e. The van der Waals surface area contributed by atoms with E-state index in [9.17, 15) is 9.90 Å². The molecular weight excluding hydrogens is 342 g/mol. The summed E-state index contributed by atoms with van der Waals surface area (Å²) in [5.74, 6) is 1.08. The Kier molecular flexibility index (Phi) is 7.10. The van der Waals surface area contributed by atoms with Gasteiger partial charge in [0.05, 0.1) is 7.11 Å². The van der Waals surface area contributed by atoms with Crippen molar-refractivity contribution in [3.05, 3.63) is 29.8 Å². The quantitative estimate of drug-likeness (QED) is 0.818. The number of hydrogen-bond donors (Lipinski definition) is 1. The average Bonchev–Trinajstić information content (AvgIpc) is 2.69. The second-order valence-electron chi connectivity index (χ2n) is 7.72. The van der Waals surface area contributed by atoms with Crippen LogP contribution in [0.25, 0.3) is 0 Å². The molecule has 27 heavy (non-hydrogen) atoms. The predicted octanol–water partition coefficient (Wildman–Crippen LogP) is 1.57. The minimum atomic E-state index is 0.190.